The van der Waals surface area contributed by atoms with Gasteiger partial charge in [0.25, 0.3) is 0 Å². The fourth-order valence-corrected chi connectivity index (χ4v) is 11.5. The van der Waals surface area contributed by atoms with Crippen molar-refractivity contribution in [1.82, 2.24) is 0 Å². The second-order valence-electron chi connectivity index (χ2n) is 14.4. The Kier molecular flexibility index (Phi) is 6.48. The molecule has 0 aliphatic rings. The first-order valence-electron chi connectivity index (χ1n) is 18.5. The summed E-state index contributed by atoms with van der Waals surface area (Å²) < 4.78 is 5.44. The average Bonchev–Trinajstić information content (AvgIpc) is 3.81. The summed E-state index contributed by atoms with van der Waals surface area (Å²) in [7, 11) is 0. The van der Waals surface area contributed by atoms with Crippen LogP contribution >= 0.6 is 22.7 Å². The molecule has 250 valence electrons. The lowest BCUT2D eigenvalue weighted by Gasteiger charge is -2.17. The Hall–Kier alpha value is -6.32. The lowest BCUT2D eigenvalue weighted by molar-refractivity contribution is 1.63. The molecule has 0 aliphatic carbocycles. The standard InChI is InChI=1S/C52H30S2/c1-3-15-36-31(10-1)12-8-18-38(36)39-19-9-20-42-47(39)29-34-11-2-4-16-37(34)50(42)35-14-7-13-32(28-35)33-22-23-41-44-25-27-45-46(52(44)54-49(41)30-33)26-24-43-40-17-5-6-21-48(40)53-51(43)45/h1-30H. The van der Waals surface area contributed by atoms with Crippen molar-refractivity contribution >= 4 is 106 Å². The van der Waals surface area contributed by atoms with Gasteiger partial charge in [0.2, 0.25) is 0 Å². The second kappa shape index (κ2) is 11.6. The monoisotopic (exact) mass is 718 g/mol. The Bertz CT molecular complexity index is 3500. The minimum Gasteiger partial charge on any atom is -0.135 e. The highest BCUT2D eigenvalue weighted by Crippen LogP contribution is 2.46. The van der Waals surface area contributed by atoms with Gasteiger partial charge in [-0.25, -0.2) is 0 Å². The van der Waals surface area contributed by atoms with Gasteiger partial charge in [-0.1, -0.05) is 158 Å². The fourth-order valence-electron chi connectivity index (χ4n) is 8.95. The Balaban J connectivity index is 1.03. The Labute approximate surface area is 319 Å². The van der Waals surface area contributed by atoms with Crippen LogP contribution in [0.4, 0.5) is 0 Å². The van der Waals surface area contributed by atoms with E-state index >= 15 is 0 Å². The van der Waals surface area contributed by atoms with E-state index in [9.17, 15) is 0 Å². The molecule has 0 bridgehead atoms. The van der Waals surface area contributed by atoms with Crippen LogP contribution in [0.3, 0.4) is 0 Å². The molecular weight excluding hydrogens is 689 g/mol. The molecule has 0 unspecified atom stereocenters. The third-order valence-corrected chi connectivity index (χ3v) is 13.9. The molecule has 2 heteroatoms. The molecule has 2 heterocycles. The van der Waals surface area contributed by atoms with Crippen LogP contribution in [-0.4, -0.2) is 0 Å². The van der Waals surface area contributed by atoms with Gasteiger partial charge < -0.3 is 0 Å². The quantitative estimate of drug-likeness (QED) is 0.160. The number of hydrogen-bond donors (Lipinski definition) is 0. The molecular formula is C52H30S2. The molecule has 0 atom stereocenters. The van der Waals surface area contributed by atoms with Crippen LogP contribution in [0.5, 0.6) is 0 Å². The molecule has 2 aromatic heterocycles. The highest BCUT2D eigenvalue weighted by Gasteiger charge is 2.17. The molecule has 0 N–H and O–H groups in total. The summed E-state index contributed by atoms with van der Waals surface area (Å²) in [4.78, 5) is 0. The van der Waals surface area contributed by atoms with Crippen LogP contribution < -0.4 is 0 Å². The molecule has 0 aliphatic heterocycles. The molecule has 0 nitrogen and oxygen atoms in total. The first-order valence-corrected chi connectivity index (χ1v) is 20.1. The van der Waals surface area contributed by atoms with Gasteiger partial charge in [-0.2, -0.15) is 0 Å². The van der Waals surface area contributed by atoms with E-state index in [1.54, 1.807) is 0 Å². The van der Waals surface area contributed by atoms with Crippen molar-refractivity contribution in [2.45, 2.75) is 0 Å². The van der Waals surface area contributed by atoms with Gasteiger partial charge in [0.1, 0.15) is 0 Å². The van der Waals surface area contributed by atoms with Crippen LogP contribution in [-0.2, 0) is 0 Å². The second-order valence-corrected chi connectivity index (χ2v) is 16.5. The zero-order valence-corrected chi connectivity index (χ0v) is 30.8. The maximum atomic E-state index is 2.41. The molecule has 0 radical (unpaired) electrons. The van der Waals surface area contributed by atoms with E-state index in [1.165, 1.54) is 117 Å². The maximum absolute atomic E-state index is 2.41. The normalized spacial score (nSPS) is 12.1. The van der Waals surface area contributed by atoms with Gasteiger partial charge in [-0.05, 0) is 90.0 Å². The number of hydrogen-bond acceptors (Lipinski definition) is 2. The zero-order chi connectivity index (χ0) is 35.3. The van der Waals surface area contributed by atoms with Crippen molar-refractivity contribution in [3.63, 3.8) is 0 Å². The van der Waals surface area contributed by atoms with Crippen LogP contribution in [0.25, 0.3) is 117 Å². The highest BCUT2D eigenvalue weighted by atomic mass is 32.1. The van der Waals surface area contributed by atoms with Gasteiger partial charge in [-0.3, -0.25) is 0 Å². The lowest BCUT2D eigenvalue weighted by atomic mass is 9.87. The van der Waals surface area contributed by atoms with Gasteiger partial charge in [0.05, 0.1) is 0 Å². The largest absolute Gasteiger partial charge is 0.135 e. The predicted molar refractivity (Wildman–Crippen MR) is 239 cm³/mol. The molecule has 12 rings (SSSR count). The van der Waals surface area contributed by atoms with E-state index in [0.29, 0.717) is 0 Å². The Morgan fingerprint density at radius 3 is 1.59 bits per heavy atom. The maximum Gasteiger partial charge on any atom is 0.0434 e. The highest BCUT2D eigenvalue weighted by molar-refractivity contribution is 7.28. The number of rotatable bonds is 3. The lowest BCUT2D eigenvalue weighted by Crippen LogP contribution is -1.90. The minimum atomic E-state index is 1.23. The number of benzene rings is 10. The summed E-state index contributed by atoms with van der Waals surface area (Å²) in [6.07, 6.45) is 0. The summed E-state index contributed by atoms with van der Waals surface area (Å²) in [5.41, 5.74) is 7.53. The number of thiophene rings is 2. The molecule has 12 aromatic rings. The van der Waals surface area contributed by atoms with Crippen LogP contribution in [0, 0.1) is 0 Å². The molecule has 0 saturated heterocycles. The van der Waals surface area contributed by atoms with Crippen LogP contribution in [0.1, 0.15) is 0 Å². The molecule has 0 amide bonds. The third-order valence-electron chi connectivity index (χ3n) is 11.4. The topological polar surface area (TPSA) is 0 Å². The van der Waals surface area contributed by atoms with E-state index in [1.807, 2.05) is 22.7 Å². The van der Waals surface area contributed by atoms with E-state index < -0.39 is 0 Å². The van der Waals surface area contributed by atoms with Crippen LogP contribution in [0.2, 0.25) is 0 Å². The van der Waals surface area contributed by atoms with Crippen molar-refractivity contribution in [3.05, 3.63) is 182 Å². The summed E-state index contributed by atoms with van der Waals surface area (Å²) in [5.74, 6) is 0. The van der Waals surface area contributed by atoms with Crippen molar-refractivity contribution in [2.75, 3.05) is 0 Å². The van der Waals surface area contributed by atoms with Gasteiger partial charge >= 0.3 is 0 Å². The van der Waals surface area contributed by atoms with Crippen molar-refractivity contribution < 1.29 is 0 Å². The summed E-state index contributed by atoms with van der Waals surface area (Å²) >= 11 is 3.84. The Morgan fingerprint density at radius 1 is 0.259 bits per heavy atom. The molecule has 0 fully saturated rings. The third kappa shape index (κ3) is 4.42. The SMILES string of the molecule is c1cc(-c2ccc3c(c2)sc2c3ccc3c2ccc2c4ccccc4sc23)cc(-c2c3ccccc3cc3c(-c4cccc5ccccc45)cccc23)c1. The van der Waals surface area contributed by atoms with Crippen molar-refractivity contribution in [2.24, 2.45) is 0 Å². The van der Waals surface area contributed by atoms with E-state index in [2.05, 4.69) is 182 Å². The fraction of sp³-hybridized carbons (Fsp3) is 0. The summed E-state index contributed by atoms with van der Waals surface area (Å²) in [5, 5.41) is 15.7. The van der Waals surface area contributed by atoms with Gasteiger partial charge in [-0.15, -0.1) is 22.7 Å². The first kappa shape index (κ1) is 30.2. The number of fused-ring (bicyclic) bond motifs is 12. The molecule has 0 saturated carbocycles. The van der Waals surface area contributed by atoms with Crippen molar-refractivity contribution in [1.29, 1.82) is 0 Å². The van der Waals surface area contributed by atoms with Crippen LogP contribution in [0.15, 0.2) is 182 Å². The van der Waals surface area contributed by atoms with Crippen molar-refractivity contribution in [3.8, 4) is 33.4 Å². The Morgan fingerprint density at radius 2 is 0.778 bits per heavy atom. The molecule has 0 spiro atoms. The smallest absolute Gasteiger partial charge is 0.0434 e. The zero-order valence-electron chi connectivity index (χ0n) is 29.1. The van der Waals surface area contributed by atoms with E-state index in [-0.39, 0.29) is 0 Å². The summed E-state index contributed by atoms with van der Waals surface area (Å²) in [6.45, 7) is 0. The first-order chi connectivity index (χ1) is 26.8. The van der Waals surface area contributed by atoms with E-state index in [0.717, 1.165) is 0 Å². The molecule has 10 aromatic carbocycles. The minimum absolute atomic E-state index is 1.23. The van der Waals surface area contributed by atoms with Gasteiger partial charge in [0.15, 0.2) is 0 Å². The average molecular weight is 719 g/mol. The van der Waals surface area contributed by atoms with E-state index in [4.69, 9.17) is 0 Å². The predicted octanol–water partition coefficient (Wildman–Crippen LogP) is 16.0. The summed E-state index contributed by atoms with van der Waals surface area (Å²) in [6, 6.07) is 67.8. The molecule has 54 heavy (non-hydrogen) atoms. The van der Waals surface area contributed by atoms with Gasteiger partial charge in [0, 0.05) is 51.1 Å².